The van der Waals surface area contributed by atoms with Gasteiger partial charge in [0.1, 0.15) is 0 Å². The average Bonchev–Trinajstić information content (AvgIpc) is 3.61. The highest BCUT2D eigenvalue weighted by molar-refractivity contribution is 7.91. The summed E-state index contributed by atoms with van der Waals surface area (Å²) in [7, 11) is -3.56. The summed E-state index contributed by atoms with van der Waals surface area (Å²) >= 11 is 0. The second-order valence-corrected chi connectivity index (χ2v) is 11.8. The van der Waals surface area contributed by atoms with Crippen LogP contribution >= 0.6 is 0 Å². The van der Waals surface area contributed by atoms with Gasteiger partial charge < -0.3 is 9.88 Å². The average molecular weight is 601 g/mol. The highest BCUT2D eigenvalue weighted by Crippen LogP contribution is 2.41. The summed E-state index contributed by atoms with van der Waals surface area (Å²) in [6, 6.07) is 7.71. The summed E-state index contributed by atoms with van der Waals surface area (Å²) in [5, 5.41) is 1.90. The number of halogens is 9. The molecule has 1 aliphatic carbocycles. The number of fused-ring (bicyclic) bond motifs is 1. The fraction of sp³-hybridized carbons (Fsp3) is 0.400. The van der Waals surface area contributed by atoms with Gasteiger partial charge >= 0.3 is 18.5 Å². The number of nitrogens with zero attached hydrogens (tertiary/aromatic N) is 1. The molecule has 3 aromatic rings. The minimum absolute atomic E-state index is 0.00820. The number of alkyl halides is 9. The number of carbonyl (C=O) groups excluding carboxylic acids is 1. The summed E-state index contributed by atoms with van der Waals surface area (Å²) in [6.07, 6.45) is -14.0. The molecule has 0 aliphatic heterocycles. The van der Waals surface area contributed by atoms with Crippen LogP contribution in [0.1, 0.15) is 39.9 Å². The van der Waals surface area contributed by atoms with E-state index in [4.69, 9.17) is 0 Å². The molecule has 2 aromatic carbocycles. The minimum Gasteiger partial charge on any atom is -0.348 e. The van der Waals surface area contributed by atoms with E-state index in [0.717, 1.165) is 35.0 Å². The van der Waals surface area contributed by atoms with Gasteiger partial charge in [0.25, 0.3) is 5.91 Å². The lowest BCUT2D eigenvalue weighted by atomic mass is 10.0. The van der Waals surface area contributed by atoms with Crippen molar-refractivity contribution in [2.75, 3.05) is 0 Å². The van der Waals surface area contributed by atoms with Crippen LogP contribution in [0.5, 0.6) is 0 Å². The fourth-order valence-corrected chi connectivity index (χ4v) is 6.01. The van der Waals surface area contributed by atoms with Crippen LogP contribution in [0.25, 0.3) is 10.9 Å². The molecule has 1 aliphatic rings. The van der Waals surface area contributed by atoms with Crippen molar-refractivity contribution in [3.8, 4) is 0 Å². The van der Waals surface area contributed by atoms with E-state index in [9.17, 15) is 52.7 Å². The molecule has 0 atom stereocenters. The zero-order valence-corrected chi connectivity index (χ0v) is 21.1. The van der Waals surface area contributed by atoms with Crippen LogP contribution in [-0.2, 0) is 34.9 Å². The van der Waals surface area contributed by atoms with Gasteiger partial charge in [0.15, 0.2) is 15.8 Å². The van der Waals surface area contributed by atoms with Gasteiger partial charge in [-0.25, -0.2) is 8.42 Å². The lowest BCUT2D eigenvalue weighted by Gasteiger charge is -2.23. The molecule has 0 radical (unpaired) electrons. The maximum atomic E-state index is 13.7. The summed E-state index contributed by atoms with van der Waals surface area (Å²) < 4.78 is 144. The Labute approximate surface area is 221 Å². The van der Waals surface area contributed by atoms with E-state index in [1.807, 2.05) is 0 Å². The van der Waals surface area contributed by atoms with Crippen molar-refractivity contribution >= 4 is 26.6 Å². The molecule has 1 heterocycles. The number of hydrogen-bond acceptors (Lipinski definition) is 3. The number of amides is 1. The predicted octanol–water partition coefficient (Wildman–Crippen LogP) is 6.41. The Kier molecular flexibility index (Phi) is 7.67. The van der Waals surface area contributed by atoms with Gasteiger partial charge in [0.05, 0.1) is 16.6 Å². The number of rotatable bonds is 8. The predicted molar refractivity (Wildman–Crippen MR) is 126 cm³/mol. The zero-order chi connectivity index (χ0) is 29.7. The molecule has 0 bridgehead atoms. The van der Waals surface area contributed by atoms with Gasteiger partial charge in [-0.2, -0.15) is 39.5 Å². The third kappa shape index (κ3) is 6.73. The van der Waals surface area contributed by atoms with Crippen LogP contribution in [0.4, 0.5) is 39.5 Å². The summed E-state index contributed by atoms with van der Waals surface area (Å²) in [4.78, 5) is 12.6. The van der Waals surface area contributed by atoms with Crippen LogP contribution in [0.15, 0.2) is 48.7 Å². The Hall–Kier alpha value is -3.23. The number of hydrogen-bond donors (Lipinski definition) is 1. The molecular formula is C25H21F9N2O3S. The molecule has 0 unspecified atom stereocenters. The standard InChI is InChI=1S/C25H21F9N2O3S/c26-23(27,28)19-9-14(13-40(38,39)18-4-5-18)1-2-17(19)11-35-22(37)16-3-6-20-15(10-16)7-8-36(20)12-21(24(29,30)31)25(32,33)34/h1-3,6-10,18,21H,4-5,11-13H2,(H,35,37). The molecule has 15 heteroatoms. The van der Waals surface area contributed by atoms with Crippen LogP contribution in [-0.4, -0.2) is 36.5 Å². The number of nitrogens with one attached hydrogen (secondary N) is 1. The zero-order valence-electron chi connectivity index (χ0n) is 20.3. The summed E-state index contributed by atoms with van der Waals surface area (Å²) in [5.41, 5.74) is -1.58. The molecule has 0 saturated heterocycles. The van der Waals surface area contributed by atoms with Gasteiger partial charge in [0.2, 0.25) is 0 Å². The minimum atomic E-state index is -5.53. The van der Waals surface area contributed by atoms with E-state index in [2.05, 4.69) is 5.32 Å². The second-order valence-electron chi connectivity index (χ2n) is 9.56. The summed E-state index contributed by atoms with van der Waals surface area (Å²) in [6.45, 7) is -2.01. The van der Waals surface area contributed by atoms with E-state index in [-0.39, 0.29) is 27.6 Å². The molecule has 40 heavy (non-hydrogen) atoms. The molecule has 218 valence electrons. The van der Waals surface area contributed by atoms with Gasteiger partial charge in [-0.15, -0.1) is 0 Å². The van der Waals surface area contributed by atoms with Gasteiger partial charge in [-0.3, -0.25) is 4.79 Å². The summed E-state index contributed by atoms with van der Waals surface area (Å²) in [5.74, 6) is -4.99. The smallest absolute Gasteiger partial charge is 0.348 e. The molecule has 4 rings (SSSR count). The first-order valence-corrected chi connectivity index (χ1v) is 13.5. The van der Waals surface area contributed by atoms with Crippen LogP contribution < -0.4 is 5.32 Å². The highest BCUT2D eigenvalue weighted by atomic mass is 32.2. The first-order chi connectivity index (χ1) is 18.4. The maximum Gasteiger partial charge on any atom is 0.416 e. The third-order valence-electron chi connectivity index (χ3n) is 6.52. The van der Waals surface area contributed by atoms with Crippen molar-refractivity contribution in [2.45, 2.75) is 55.5 Å². The molecule has 1 amide bonds. The third-order valence-corrected chi connectivity index (χ3v) is 8.74. The van der Waals surface area contributed by atoms with E-state index in [0.29, 0.717) is 12.8 Å². The molecule has 0 spiro atoms. The van der Waals surface area contributed by atoms with E-state index in [1.165, 1.54) is 18.2 Å². The van der Waals surface area contributed by atoms with Crippen molar-refractivity contribution in [2.24, 2.45) is 5.92 Å². The number of benzene rings is 2. The Balaban J connectivity index is 1.50. The number of carbonyl (C=O) groups is 1. The molecular weight excluding hydrogens is 579 g/mol. The highest BCUT2D eigenvalue weighted by Gasteiger charge is 2.56. The molecule has 1 N–H and O–H groups in total. The SMILES string of the molecule is O=C(NCc1ccc(CS(=O)(=O)C2CC2)cc1C(F)(F)F)c1ccc2c(ccn2CC(C(F)(F)F)C(F)(F)F)c1. The molecule has 1 fully saturated rings. The van der Waals surface area contributed by atoms with E-state index in [1.54, 1.807) is 0 Å². The van der Waals surface area contributed by atoms with E-state index < -0.39 is 69.8 Å². The normalized spacial score (nSPS) is 15.2. The van der Waals surface area contributed by atoms with Crippen molar-refractivity contribution < 1.29 is 52.7 Å². The first-order valence-electron chi connectivity index (χ1n) is 11.8. The fourth-order valence-electron chi connectivity index (χ4n) is 4.28. The van der Waals surface area contributed by atoms with Crippen molar-refractivity contribution in [3.63, 3.8) is 0 Å². The van der Waals surface area contributed by atoms with Crippen molar-refractivity contribution in [1.29, 1.82) is 0 Å². The van der Waals surface area contributed by atoms with Crippen LogP contribution in [0.3, 0.4) is 0 Å². The molecule has 1 aromatic heterocycles. The van der Waals surface area contributed by atoms with E-state index >= 15 is 0 Å². The second kappa shape index (κ2) is 10.3. The van der Waals surface area contributed by atoms with Crippen LogP contribution in [0, 0.1) is 5.92 Å². The lowest BCUT2D eigenvalue weighted by Crippen LogP contribution is -2.39. The van der Waals surface area contributed by atoms with Crippen molar-refractivity contribution in [3.05, 3.63) is 70.9 Å². The van der Waals surface area contributed by atoms with Gasteiger partial charge in [-0.05, 0) is 54.3 Å². The molecule has 5 nitrogen and oxygen atoms in total. The lowest BCUT2D eigenvalue weighted by molar-refractivity contribution is -0.287. The number of aromatic nitrogens is 1. The Morgan fingerprint density at radius 2 is 1.57 bits per heavy atom. The number of sulfone groups is 1. The van der Waals surface area contributed by atoms with Crippen LogP contribution in [0.2, 0.25) is 0 Å². The first kappa shape index (κ1) is 29.7. The Morgan fingerprint density at radius 1 is 0.925 bits per heavy atom. The molecule has 1 saturated carbocycles. The Morgan fingerprint density at radius 3 is 2.15 bits per heavy atom. The largest absolute Gasteiger partial charge is 0.416 e. The van der Waals surface area contributed by atoms with Gasteiger partial charge in [-0.1, -0.05) is 12.1 Å². The maximum absolute atomic E-state index is 13.7. The Bertz CT molecular complexity index is 1500. The van der Waals surface area contributed by atoms with Gasteiger partial charge in [0, 0.05) is 35.8 Å². The van der Waals surface area contributed by atoms with Crippen molar-refractivity contribution in [1.82, 2.24) is 9.88 Å². The monoisotopic (exact) mass is 600 g/mol. The topological polar surface area (TPSA) is 68.2 Å². The quantitative estimate of drug-likeness (QED) is 0.304.